The van der Waals surface area contributed by atoms with Crippen molar-refractivity contribution in [1.82, 2.24) is 0 Å². The molecule has 0 bridgehead atoms. The summed E-state index contributed by atoms with van der Waals surface area (Å²) in [7, 11) is 1.26. The second-order valence-electron chi connectivity index (χ2n) is 6.85. The van der Waals surface area contributed by atoms with E-state index < -0.39 is 41.5 Å². The molecule has 8 heteroatoms. The average Bonchev–Trinajstić information content (AvgIpc) is 3.09. The van der Waals surface area contributed by atoms with E-state index in [0.29, 0.717) is 0 Å². The number of methoxy groups -OCH3 is 1. The number of benzene rings is 1. The average molecular weight is 500 g/mol. The molecule has 0 N–H and O–H groups in total. The molecule has 1 aromatic rings. The number of hydrogen-bond acceptors (Lipinski definition) is 3. The van der Waals surface area contributed by atoms with Gasteiger partial charge in [-0.25, -0.2) is 13.2 Å². The van der Waals surface area contributed by atoms with Crippen molar-refractivity contribution >= 4 is 37.8 Å². The standard InChI is InChI=1S/C18H19Br2F3O3/c1-8-9(15(22)16(23)10(6-25-4)14(8)21)7-26-17(24)13-11(5-12(19)20)18(13,2)3/h5,11,13H,6-7H2,1-4H3/t11-,13-/m0/s1. The van der Waals surface area contributed by atoms with Gasteiger partial charge in [-0.1, -0.05) is 19.9 Å². The lowest BCUT2D eigenvalue weighted by Gasteiger charge is -2.14. The molecule has 0 aliphatic heterocycles. The minimum atomic E-state index is -1.32. The van der Waals surface area contributed by atoms with Crippen molar-refractivity contribution in [1.29, 1.82) is 0 Å². The number of hydrogen-bond donors (Lipinski definition) is 0. The normalized spacial score (nSPS) is 20.7. The van der Waals surface area contributed by atoms with Gasteiger partial charge in [0.15, 0.2) is 11.6 Å². The molecule has 1 aliphatic carbocycles. The molecule has 1 aliphatic rings. The predicted molar refractivity (Wildman–Crippen MR) is 98.3 cm³/mol. The van der Waals surface area contributed by atoms with Crippen LogP contribution >= 0.6 is 31.9 Å². The maximum absolute atomic E-state index is 14.3. The number of halogens is 5. The van der Waals surface area contributed by atoms with Crippen molar-refractivity contribution in [3.63, 3.8) is 0 Å². The lowest BCUT2D eigenvalue weighted by Crippen LogP contribution is -2.14. The molecule has 0 spiro atoms. The van der Waals surface area contributed by atoms with Gasteiger partial charge < -0.3 is 9.47 Å². The molecule has 2 rings (SSSR count). The van der Waals surface area contributed by atoms with Crippen molar-refractivity contribution in [3.8, 4) is 0 Å². The zero-order chi connectivity index (χ0) is 19.8. The first kappa shape index (κ1) is 21.4. The second-order valence-corrected chi connectivity index (χ2v) is 9.62. The zero-order valence-electron chi connectivity index (χ0n) is 14.8. The summed E-state index contributed by atoms with van der Waals surface area (Å²) in [6.07, 6.45) is 1.84. The molecule has 1 saturated carbocycles. The SMILES string of the molecule is COCc1c(F)c(C)c(COC(=O)[C@@H]2[C@H](C=C(Br)Br)C2(C)C)c(F)c1F. The maximum atomic E-state index is 14.3. The molecule has 26 heavy (non-hydrogen) atoms. The summed E-state index contributed by atoms with van der Waals surface area (Å²) in [6, 6.07) is 0. The number of allylic oxidation sites excluding steroid dienone is 1. The van der Waals surface area contributed by atoms with Crippen LogP contribution in [0.25, 0.3) is 0 Å². The summed E-state index contributed by atoms with van der Waals surface area (Å²) in [4.78, 5) is 12.3. The lowest BCUT2D eigenvalue weighted by atomic mass is 10.0. The molecule has 0 aromatic heterocycles. The molecule has 144 valence electrons. The molecule has 2 atom stereocenters. The van der Waals surface area contributed by atoms with Gasteiger partial charge in [0, 0.05) is 12.7 Å². The first-order chi connectivity index (χ1) is 12.0. The van der Waals surface area contributed by atoms with Crippen LogP contribution in [0.2, 0.25) is 0 Å². The third kappa shape index (κ3) is 4.02. The number of ether oxygens (including phenoxy) is 2. The summed E-state index contributed by atoms with van der Waals surface area (Å²) < 4.78 is 53.2. The highest BCUT2D eigenvalue weighted by molar-refractivity contribution is 9.28. The first-order valence-electron chi connectivity index (χ1n) is 7.87. The van der Waals surface area contributed by atoms with Gasteiger partial charge in [-0.3, -0.25) is 4.79 Å². The highest BCUT2D eigenvalue weighted by atomic mass is 79.9. The second kappa shape index (κ2) is 8.02. The summed E-state index contributed by atoms with van der Waals surface area (Å²) in [5.41, 5.74) is -1.19. The summed E-state index contributed by atoms with van der Waals surface area (Å²) in [6.45, 7) is 4.22. The number of carbonyl (C=O) groups excluding carboxylic acids is 1. The highest BCUT2D eigenvalue weighted by Crippen LogP contribution is 2.60. The van der Waals surface area contributed by atoms with Crippen LogP contribution in [0.5, 0.6) is 0 Å². The molecule has 0 heterocycles. The molecule has 3 nitrogen and oxygen atoms in total. The third-order valence-corrected chi connectivity index (χ3v) is 5.42. The van der Waals surface area contributed by atoms with E-state index in [-0.39, 0.29) is 29.1 Å². The van der Waals surface area contributed by atoms with Gasteiger partial charge in [0.2, 0.25) is 0 Å². The Morgan fingerprint density at radius 3 is 2.23 bits per heavy atom. The van der Waals surface area contributed by atoms with E-state index >= 15 is 0 Å². The smallest absolute Gasteiger partial charge is 0.310 e. The fourth-order valence-corrected chi connectivity index (χ4v) is 3.70. The van der Waals surface area contributed by atoms with E-state index in [1.54, 1.807) is 0 Å². The van der Waals surface area contributed by atoms with Gasteiger partial charge in [-0.15, -0.1) is 0 Å². The molecule has 0 radical (unpaired) electrons. The van der Waals surface area contributed by atoms with Crippen LogP contribution in [0.15, 0.2) is 9.47 Å². The first-order valence-corrected chi connectivity index (χ1v) is 9.45. The van der Waals surface area contributed by atoms with Crippen molar-refractivity contribution in [2.75, 3.05) is 7.11 Å². The molecular formula is C18H19Br2F3O3. The van der Waals surface area contributed by atoms with Gasteiger partial charge in [0.05, 0.1) is 21.5 Å². The summed E-state index contributed by atoms with van der Waals surface area (Å²) in [5.74, 6) is -4.42. The van der Waals surface area contributed by atoms with Crippen LogP contribution in [0.3, 0.4) is 0 Å². The van der Waals surface area contributed by atoms with Crippen molar-refractivity contribution in [2.45, 2.75) is 34.0 Å². The monoisotopic (exact) mass is 498 g/mol. The van der Waals surface area contributed by atoms with Gasteiger partial charge >= 0.3 is 5.97 Å². The van der Waals surface area contributed by atoms with Crippen LogP contribution < -0.4 is 0 Å². The molecule has 0 unspecified atom stereocenters. The molecule has 1 fully saturated rings. The van der Waals surface area contributed by atoms with Crippen molar-refractivity contribution in [2.24, 2.45) is 17.3 Å². The Morgan fingerprint density at radius 2 is 1.69 bits per heavy atom. The Labute approximate surface area is 167 Å². The van der Waals surface area contributed by atoms with E-state index in [1.807, 2.05) is 19.9 Å². The summed E-state index contributed by atoms with van der Waals surface area (Å²) >= 11 is 6.51. The topological polar surface area (TPSA) is 35.5 Å². The third-order valence-electron chi connectivity index (χ3n) is 4.89. The molecular weight excluding hydrogens is 481 g/mol. The van der Waals surface area contributed by atoms with Crippen LogP contribution in [-0.4, -0.2) is 13.1 Å². The zero-order valence-corrected chi connectivity index (χ0v) is 17.9. The maximum Gasteiger partial charge on any atom is 0.310 e. The van der Waals surface area contributed by atoms with Gasteiger partial charge in [0.25, 0.3) is 0 Å². The van der Waals surface area contributed by atoms with Crippen LogP contribution in [0.1, 0.15) is 30.5 Å². The Kier molecular flexibility index (Phi) is 6.62. The Balaban J connectivity index is 2.18. The lowest BCUT2D eigenvalue weighted by molar-refractivity contribution is -0.147. The molecule has 1 aromatic carbocycles. The number of carbonyl (C=O) groups is 1. The van der Waals surface area contributed by atoms with Crippen LogP contribution in [0, 0.1) is 41.6 Å². The minimum Gasteiger partial charge on any atom is -0.460 e. The number of rotatable bonds is 6. The Hall–Kier alpha value is -0.860. The van der Waals surface area contributed by atoms with E-state index in [4.69, 9.17) is 9.47 Å². The molecule has 0 saturated heterocycles. The number of esters is 1. The van der Waals surface area contributed by atoms with Crippen molar-refractivity contribution in [3.05, 3.63) is 43.6 Å². The Bertz CT molecular complexity index is 730. The fourth-order valence-electron chi connectivity index (χ4n) is 3.14. The fraction of sp³-hybridized carbons (Fsp3) is 0.500. The van der Waals surface area contributed by atoms with Gasteiger partial charge in [-0.05, 0) is 55.7 Å². The highest BCUT2D eigenvalue weighted by Gasteiger charge is 2.61. The Morgan fingerprint density at radius 1 is 1.12 bits per heavy atom. The van der Waals surface area contributed by atoms with E-state index in [2.05, 4.69) is 31.9 Å². The van der Waals surface area contributed by atoms with Crippen LogP contribution in [0.4, 0.5) is 13.2 Å². The van der Waals surface area contributed by atoms with E-state index in [1.165, 1.54) is 14.0 Å². The quantitative estimate of drug-likeness (QED) is 0.382. The molecule has 0 amide bonds. The largest absolute Gasteiger partial charge is 0.460 e. The van der Waals surface area contributed by atoms with E-state index in [9.17, 15) is 18.0 Å². The van der Waals surface area contributed by atoms with Gasteiger partial charge in [0.1, 0.15) is 12.4 Å². The summed E-state index contributed by atoms with van der Waals surface area (Å²) in [5, 5.41) is 0. The van der Waals surface area contributed by atoms with Crippen molar-refractivity contribution < 1.29 is 27.4 Å². The van der Waals surface area contributed by atoms with Gasteiger partial charge in [-0.2, -0.15) is 0 Å². The van der Waals surface area contributed by atoms with Crippen LogP contribution in [-0.2, 0) is 27.5 Å². The van der Waals surface area contributed by atoms with E-state index in [0.717, 1.165) is 3.39 Å². The predicted octanol–water partition coefficient (Wildman–Crippen LogP) is 5.51. The minimum absolute atomic E-state index is 0.0488.